The number of nitrogens with zero attached hydrogens (tertiary/aromatic N) is 1. The zero-order chi connectivity index (χ0) is 21.6. The molecule has 4 amide bonds. The average Bonchev–Trinajstić information content (AvgIpc) is 2.93. The van der Waals surface area contributed by atoms with Crippen LogP contribution in [0.1, 0.15) is 34.8 Å². The van der Waals surface area contributed by atoms with Crippen molar-refractivity contribution in [2.24, 2.45) is 0 Å². The van der Waals surface area contributed by atoms with E-state index in [9.17, 15) is 28.0 Å². The minimum Gasteiger partial charge on any atom is -0.326 e. The van der Waals surface area contributed by atoms with Crippen molar-refractivity contribution < 1.29 is 28.0 Å². The van der Waals surface area contributed by atoms with E-state index in [-0.39, 0.29) is 17.0 Å². The van der Waals surface area contributed by atoms with Crippen molar-refractivity contribution >= 4 is 29.3 Å². The quantitative estimate of drug-likeness (QED) is 0.595. The maximum atomic E-state index is 14.2. The van der Waals surface area contributed by atoms with Crippen LogP contribution in [0.5, 0.6) is 0 Å². The van der Waals surface area contributed by atoms with Gasteiger partial charge in [0.1, 0.15) is 17.2 Å². The summed E-state index contributed by atoms with van der Waals surface area (Å²) in [6, 6.07) is 6.45. The first-order chi connectivity index (χ1) is 14.2. The number of nitrogens with one attached hydrogen (secondary N) is 2. The second kappa shape index (κ2) is 7.01. The molecule has 7 nitrogen and oxygen atoms in total. The molecule has 2 heterocycles. The molecule has 1 saturated heterocycles. The smallest absolute Gasteiger partial charge is 0.325 e. The van der Waals surface area contributed by atoms with Gasteiger partial charge < -0.3 is 10.6 Å². The molecule has 154 valence electrons. The molecule has 9 heteroatoms. The Kier molecular flexibility index (Phi) is 4.60. The van der Waals surface area contributed by atoms with Crippen LogP contribution >= 0.6 is 0 Å². The first kappa shape index (κ1) is 19.7. The van der Waals surface area contributed by atoms with Gasteiger partial charge >= 0.3 is 6.03 Å². The van der Waals surface area contributed by atoms with Crippen LogP contribution in [0.15, 0.2) is 36.4 Å². The molecule has 2 aliphatic rings. The summed E-state index contributed by atoms with van der Waals surface area (Å²) in [4.78, 5) is 50.1. The number of amides is 4. The molecule has 1 fully saturated rings. The largest absolute Gasteiger partial charge is 0.326 e. The lowest BCUT2D eigenvalue weighted by atomic mass is 9.91. The molecule has 1 atom stereocenters. The highest BCUT2D eigenvalue weighted by atomic mass is 19.1. The summed E-state index contributed by atoms with van der Waals surface area (Å²) in [5, 5.41) is 5.06. The Morgan fingerprint density at radius 2 is 1.87 bits per heavy atom. The number of Topliss-reactive ketones (excluding diaryl/α,β-unsaturated/α-hetero) is 1. The van der Waals surface area contributed by atoms with Crippen LogP contribution in [0.2, 0.25) is 0 Å². The number of hydrogen-bond donors (Lipinski definition) is 2. The van der Waals surface area contributed by atoms with Crippen molar-refractivity contribution in [1.82, 2.24) is 10.2 Å². The van der Waals surface area contributed by atoms with Gasteiger partial charge in [-0.05, 0) is 55.3 Å². The normalized spacial score (nSPS) is 20.6. The third-order valence-electron chi connectivity index (χ3n) is 5.37. The van der Waals surface area contributed by atoms with Crippen molar-refractivity contribution in [2.75, 3.05) is 11.9 Å². The molecular formula is C21H17F2N3O4. The van der Waals surface area contributed by atoms with Crippen molar-refractivity contribution in [3.05, 3.63) is 64.7 Å². The van der Waals surface area contributed by atoms with E-state index in [1.54, 1.807) is 12.1 Å². The molecule has 0 radical (unpaired) electrons. The highest BCUT2D eigenvalue weighted by Crippen LogP contribution is 2.31. The van der Waals surface area contributed by atoms with Gasteiger partial charge in [0.25, 0.3) is 5.91 Å². The first-order valence-electron chi connectivity index (χ1n) is 9.24. The van der Waals surface area contributed by atoms with Crippen LogP contribution in [0.3, 0.4) is 0 Å². The van der Waals surface area contributed by atoms with Gasteiger partial charge in [0.2, 0.25) is 5.91 Å². The third-order valence-corrected chi connectivity index (χ3v) is 5.37. The lowest BCUT2D eigenvalue weighted by molar-refractivity contribution is -0.130. The van der Waals surface area contributed by atoms with E-state index >= 15 is 0 Å². The predicted molar refractivity (Wildman–Crippen MR) is 102 cm³/mol. The number of rotatable bonds is 4. The van der Waals surface area contributed by atoms with Gasteiger partial charge in [-0.1, -0.05) is 0 Å². The summed E-state index contributed by atoms with van der Waals surface area (Å²) < 4.78 is 27.8. The number of urea groups is 1. The molecule has 2 aromatic carbocycles. The van der Waals surface area contributed by atoms with Crippen LogP contribution in [0.4, 0.5) is 19.3 Å². The molecule has 0 bridgehead atoms. The lowest BCUT2D eigenvalue weighted by Gasteiger charge is -2.22. The van der Waals surface area contributed by atoms with Crippen molar-refractivity contribution in [2.45, 2.75) is 25.3 Å². The second-order valence-corrected chi connectivity index (χ2v) is 7.41. The van der Waals surface area contributed by atoms with Gasteiger partial charge in [-0.25, -0.2) is 13.6 Å². The number of hydrogen-bond acceptors (Lipinski definition) is 4. The number of halogens is 2. The van der Waals surface area contributed by atoms with Gasteiger partial charge in [0, 0.05) is 23.2 Å². The van der Waals surface area contributed by atoms with E-state index in [0.29, 0.717) is 23.4 Å². The van der Waals surface area contributed by atoms with E-state index in [1.807, 2.05) is 0 Å². The Morgan fingerprint density at radius 3 is 2.63 bits per heavy atom. The number of carbonyl (C=O) groups is 4. The minimum atomic E-state index is -1.83. The maximum absolute atomic E-state index is 14.2. The summed E-state index contributed by atoms with van der Waals surface area (Å²) in [6.45, 7) is 0.708. The van der Waals surface area contributed by atoms with Gasteiger partial charge in [-0.3, -0.25) is 19.3 Å². The summed E-state index contributed by atoms with van der Waals surface area (Å²) in [5.41, 5.74) is -0.475. The maximum Gasteiger partial charge on any atom is 0.325 e. The van der Waals surface area contributed by atoms with E-state index < -0.39 is 41.4 Å². The Morgan fingerprint density at radius 1 is 1.10 bits per heavy atom. The summed E-state index contributed by atoms with van der Waals surface area (Å²) >= 11 is 0. The standard InChI is InChI=1S/C21H17F2N3O4/c1-21(14-9-13(22)4-5-15(14)23)19(29)26(20(30)25-21)10-17(27)12-2-6-16-11(8-12)3-7-18(28)24-16/h2,4-6,8-9H,3,7,10H2,1H3,(H,24,28)(H,25,30)/t21-/m0/s1. The monoisotopic (exact) mass is 413 g/mol. The molecular weight excluding hydrogens is 396 g/mol. The molecule has 4 rings (SSSR count). The van der Waals surface area contributed by atoms with E-state index in [4.69, 9.17) is 0 Å². The SMILES string of the molecule is C[C@@]1(c2cc(F)ccc2F)NC(=O)N(CC(=O)c2ccc3c(c2)CCC(=O)N3)C1=O. The fourth-order valence-corrected chi connectivity index (χ4v) is 3.70. The van der Waals surface area contributed by atoms with Crippen molar-refractivity contribution in [1.29, 1.82) is 0 Å². The minimum absolute atomic E-state index is 0.107. The lowest BCUT2D eigenvalue weighted by Crippen LogP contribution is -2.42. The molecule has 2 aliphatic heterocycles. The third kappa shape index (κ3) is 3.22. The molecule has 0 aliphatic carbocycles. The summed E-state index contributed by atoms with van der Waals surface area (Å²) in [5.74, 6) is -3.06. The second-order valence-electron chi connectivity index (χ2n) is 7.41. The van der Waals surface area contributed by atoms with Crippen molar-refractivity contribution in [3.8, 4) is 0 Å². The van der Waals surface area contributed by atoms with Gasteiger partial charge in [0.15, 0.2) is 5.78 Å². The highest BCUT2D eigenvalue weighted by Gasteiger charge is 2.50. The molecule has 0 aromatic heterocycles. The fraction of sp³-hybridized carbons (Fsp3) is 0.238. The summed E-state index contributed by atoms with van der Waals surface area (Å²) in [6.07, 6.45) is 0.775. The van der Waals surface area contributed by atoms with E-state index in [2.05, 4.69) is 10.6 Å². The van der Waals surface area contributed by atoms with Gasteiger partial charge in [0.05, 0.1) is 6.54 Å². The fourth-order valence-electron chi connectivity index (χ4n) is 3.70. The Labute approximate surface area is 170 Å². The number of aryl methyl sites for hydroxylation is 1. The van der Waals surface area contributed by atoms with Crippen LogP contribution in [0.25, 0.3) is 0 Å². The van der Waals surface area contributed by atoms with Crippen LogP contribution in [-0.2, 0) is 21.5 Å². The van der Waals surface area contributed by atoms with E-state index in [0.717, 1.165) is 23.8 Å². The molecule has 2 aromatic rings. The number of carbonyl (C=O) groups excluding carboxylic acids is 4. The number of imide groups is 1. The van der Waals surface area contributed by atoms with Crippen LogP contribution in [-0.4, -0.2) is 35.1 Å². The topological polar surface area (TPSA) is 95.6 Å². The number of anilines is 1. The Balaban J connectivity index is 1.57. The molecule has 0 spiro atoms. The van der Waals surface area contributed by atoms with Gasteiger partial charge in [-0.15, -0.1) is 0 Å². The van der Waals surface area contributed by atoms with E-state index in [1.165, 1.54) is 13.0 Å². The summed E-state index contributed by atoms with van der Waals surface area (Å²) in [7, 11) is 0. The zero-order valence-corrected chi connectivity index (χ0v) is 15.9. The van der Waals surface area contributed by atoms with Crippen LogP contribution < -0.4 is 10.6 Å². The van der Waals surface area contributed by atoms with Crippen LogP contribution in [0, 0.1) is 11.6 Å². The van der Waals surface area contributed by atoms with Gasteiger partial charge in [-0.2, -0.15) is 0 Å². The Hall–Kier alpha value is -3.62. The van der Waals surface area contributed by atoms with Crippen molar-refractivity contribution in [3.63, 3.8) is 0 Å². The molecule has 2 N–H and O–H groups in total. The Bertz CT molecular complexity index is 1120. The molecule has 30 heavy (non-hydrogen) atoms. The average molecular weight is 413 g/mol. The molecule has 0 unspecified atom stereocenters. The molecule has 0 saturated carbocycles. The number of benzene rings is 2. The number of fused-ring (bicyclic) bond motifs is 1. The first-order valence-corrected chi connectivity index (χ1v) is 9.24. The predicted octanol–water partition coefficient (Wildman–Crippen LogP) is 2.50. The highest BCUT2D eigenvalue weighted by molar-refractivity contribution is 6.11. The number of ketones is 1. The zero-order valence-electron chi connectivity index (χ0n) is 15.9.